The normalized spacial score (nSPS) is 22.2. The van der Waals surface area contributed by atoms with Crippen molar-refractivity contribution in [2.75, 3.05) is 27.4 Å². The Morgan fingerprint density at radius 3 is 1.98 bits per heavy atom. The molecule has 1 saturated heterocycles. The molecule has 2 bridgehead atoms. The first-order chi connectivity index (χ1) is 31.3. The third-order valence-electron chi connectivity index (χ3n) is 12.6. The van der Waals surface area contributed by atoms with Gasteiger partial charge in [0.15, 0.2) is 5.60 Å². The fraction of sp³-hybridized carbons (Fsp3) is 0.431. The lowest BCUT2D eigenvalue weighted by Crippen LogP contribution is -2.62. The third-order valence-corrected chi connectivity index (χ3v) is 14.7. The standard InChI is InChI=1S/C51H61N4O9P/c1-33(2)55(34(3)4)65(61-29-13-28-52)64-46-45-36(6)30-44(62-43-22-16-35(5)17-23-43)50(46,63-48(45)54-31-37(7)47(56)53-49(54)57)32-60-51(38-14-11-10-12-15-38,39-18-24-41(58-8)25-19-39)40-20-26-42(59-9)27-21-40/h10-12,14-27,31,33-34,36,44-46,48H,13,29-30,32H2,1-9H3,(H,53,56,57)/t36-,44+,45-,46+,48-,50+,65?/m1/s1. The van der Waals surface area contributed by atoms with Crippen LogP contribution in [0.1, 0.15) is 81.5 Å². The lowest BCUT2D eigenvalue weighted by Gasteiger charge is -2.49. The van der Waals surface area contributed by atoms with Gasteiger partial charge in [-0.25, -0.2) is 9.46 Å². The molecule has 0 amide bonds. The number of ether oxygens (including phenoxy) is 5. The third kappa shape index (κ3) is 9.66. The van der Waals surface area contributed by atoms with E-state index in [1.54, 1.807) is 27.3 Å². The summed E-state index contributed by atoms with van der Waals surface area (Å²) in [6.07, 6.45) is -0.218. The highest BCUT2D eigenvalue weighted by Gasteiger charge is 2.68. The summed E-state index contributed by atoms with van der Waals surface area (Å²) in [6, 6.07) is 35.8. The molecule has 1 unspecified atom stereocenters. The van der Waals surface area contributed by atoms with E-state index in [4.69, 9.17) is 32.7 Å². The molecule has 5 aromatic rings. The van der Waals surface area contributed by atoms with Crippen molar-refractivity contribution in [3.8, 4) is 23.3 Å². The van der Waals surface area contributed by atoms with Crippen LogP contribution in [0.25, 0.3) is 0 Å². The molecule has 2 heterocycles. The van der Waals surface area contributed by atoms with Gasteiger partial charge in [0.25, 0.3) is 14.1 Å². The smallest absolute Gasteiger partial charge is 0.330 e. The molecule has 0 spiro atoms. The average molecular weight is 905 g/mol. The monoisotopic (exact) mass is 904 g/mol. The number of benzene rings is 4. The maximum Gasteiger partial charge on any atom is 0.330 e. The van der Waals surface area contributed by atoms with E-state index in [0.29, 0.717) is 29.2 Å². The molecule has 4 aromatic carbocycles. The fourth-order valence-electron chi connectivity index (χ4n) is 9.38. The Labute approximate surface area is 383 Å². The van der Waals surface area contributed by atoms with E-state index >= 15 is 0 Å². The number of fused-ring (bicyclic) bond motifs is 2. The molecule has 7 rings (SSSR count). The van der Waals surface area contributed by atoms with Gasteiger partial charge in [-0.05, 0) is 107 Å². The minimum absolute atomic E-state index is 0.00859. The summed E-state index contributed by atoms with van der Waals surface area (Å²) < 4.78 is 51.4. The van der Waals surface area contributed by atoms with Gasteiger partial charge >= 0.3 is 5.69 Å². The first-order valence-electron chi connectivity index (χ1n) is 22.2. The molecule has 1 saturated carbocycles. The molecule has 2 fully saturated rings. The molecular weight excluding hydrogens is 844 g/mol. The maximum absolute atomic E-state index is 14.0. The predicted molar refractivity (Wildman–Crippen MR) is 250 cm³/mol. The van der Waals surface area contributed by atoms with Crippen LogP contribution in [0.3, 0.4) is 0 Å². The minimum Gasteiger partial charge on any atom is -0.497 e. The van der Waals surface area contributed by atoms with Crippen LogP contribution in [0, 0.1) is 37.0 Å². The van der Waals surface area contributed by atoms with Crippen LogP contribution in [0.15, 0.2) is 119 Å². The zero-order chi connectivity index (χ0) is 46.5. The van der Waals surface area contributed by atoms with Crippen LogP contribution in [-0.4, -0.2) is 71.5 Å². The first-order valence-corrected chi connectivity index (χ1v) is 23.4. The molecule has 344 valence electrons. The van der Waals surface area contributed by atoms with Crippen molar-refractivity contribution in [2.45, 2.75) is 103 Å². The highest BCUT2D eigenvalue weighted by Crippen LogP contribution is 2.60. The van der Waals surface area contributed by atoms with Crippen LogP contribution in [0.5, 0.6) is 17.2 Å². The Bertz CT molecular complexity index is 2450. The average Bonchev–Trinajstić information content (AvgIpc) is 3.56. The van der Waals surface area contributed by atoms with Crippen molar-refractivity contribution >= 4 is 8.53 Å². The molecule has 1 N–H and O–H groups in total. The van der Waals surface area contributed by atoms with Crippen molar-refractivity contribution in [3.05, 3.63) is 158 Å². The van der Waals surface area contributed by atoms with Crippen LogP contribution < -0.4 is 25.5 Å². The van der Waals surface area contributed by atoms with Crippen LogP contribution in [0.2, 0.25) is 0 Å². The molecule has 14 heteroatoms. The Kier molecular flexibility index (Phi) is 15.0. The molecular formula is C51H61N4O9P. The number of rotatable bonds is 19. The second-order valence-corrected chi connectivity index (χ2v) is 18.9. The number of hydrogen-bond acceptors (Lipinski definition) is 11. The zero-order valence-electron chi connectivity index (χ0n) is 38.7. The molecule has 1 aliphatic heterocycles. The molecule has 1 aliphatic carbocycles. The topological polar surface area (TPSA) is 147 Å². The number of nitrogens with zero attached hydrogens (tertiary/aromatic N) is 3. The zero-order valence-corrected chi connectivity index (χ0v) is 39.6. The molecule has 1 aromatic heterocycles. The summed E-state index contributed by atoms with van der Waals surface area (Å²) in [6.45, 7) is 14.2. The van der Waals surface area contributed by atoms with Crippen molar-refractivity contribution < 1.29 is 32.7 Å². The number of nitriles is 1. The molecule has 7 atom stereocenters. The number of aromatic nitrogens is 2. The lowest BCUT2D eigenvalue weighted by atomic mass is 9.70. The maximum atomic E-state index is 14.0. The van der Waals surface area contributed by atoms with Gasteiger partial charge in [-0.1, -0.05) is 79.2 Å². The number of aromatic amines is 1. The second kappa shape index (κ2) is 20.5. The van der Waals surface area contributed by atoms with E-state index in [0.717, 1.165) is 22.3 Å². The Balaban J connectivity index is 1.49. The molecule has 2 aliphatic rings. The van der Waals surface area contributed by atoms with Gasteiger partial charge in [0.05, 0.1) is 39.9 Å². The quantitative estimate of drug-likeness (QED) is 0.0481. The Hall–Kier alpha value is -5.32. The van der Waals surface area contributed by atoms with Crippen molar-refractivity contribution in [2.24, 2.45) is 11.8 Å². The summed E-state index contributed by atoms with van der Waals surface area (Å²) in [7, 11) is 1.41. The van der Waals surface area contributed by atoms with Crippen molar-refractivity contribution in [1.82, 2.24) is 14.2 Å². The van der Waals surface area contributed by atoms with Crippen molar-refractivity contribution in [1.29, 1.82) is 5.26 Å². The summed E-state index contributed by atoms with van der Waals surface area (Å²) in [4.78, 5) is 29.4. The number of hydrogen-bond donors (Lipinski definition) is 1. The number of methoxy groups -OCH3 is 2. The summed E-state index contributed by atoms with van der Waals surface area (Å²) in [5, 5.41) is 9.63. The number of aryl methyl sites for hydroxylation is 2. The van der Waals surface area contributed by atoms with Gasteiger partial charge in [-0.3, -0.25) is 14.3 Å². The lowest BCUT2D eigenvalue weighted by molar-refractivity contribution is -0.200. The van der Waals surface area contributed by atoms with Crippen molar-refractivity contribution in [3.63, 3.8) is 0 Å². The summed E-state index contributed by atoms with van der Waals surface area (Å²) in [5.74, 6) is 1.37. The highest BCUT2D eigenvalue weighted by atomic mass is 31.2. The van der Waals surface area contributed by atoms with Gasteiger partial charge in [-0.2, -0.15) is 5.26 Å². The Morgan fingerprint density at radius 1 is 0.862 bits per heavy atom. The first kappa shape index (κ1) is 47.6. The van der Waals surface area contributed by atoms with Crippen LogP contribution in [-0.2, 0) is 24.1 Å². The van der Waals surface area contributed by atoms with E-state index in [2.05, 4.69) is 50.3 Å². The predicted octanol–water partition coefficient (Wildman–Crippen LogP) is 9.21. The van der Waals surface area contributed by atoms with E-state index in [1.807, 2.05) is 110 Å². The van der Waals surface area contributed by atoms with Gasteiger partial charge in [0.1, 0.15) is 41.3 Å². The van der Waals surface area contributed by atoms with Crippen LogP contribution in [0.4, 0.5) is 0 Å². The van der Waals surface area contributed by atoms with Crippen LogP contribution >= 0.6 is 8.53 Å². The summed E-state index contributed by atoms with van der Waals surface area (Å²) >= 11 is 0. The molecule has 13 nitrogen and oxygen atoms in total. The van der Waals surface area contributed by atoms with Gasteiger partial charge in [0, 0.05) is 29.8 Å². The summed E-state index contributed by atoms with van der Waals surface area (Å²) in [5.41, 5.74) is 0.117. The Morgan fingerprint density at radius 2 is 1.43 bits per heavy atom. The van der Waals surface area contributed by atoms with Gasteiger partial charge in [-0.15, -0.1) is 0 Å². The van der Waals surface area contributed by atoms with Gasteiger partial charge in [0.2, 0.25) is 0 Å². The minimum atomic E-state index is -1.85. The fourth-order valence-corrected chi connectivity index (χ4v) is 11.2. The number of H-pyrrole nitrogens is 1. The highest BCUT2D eigenvalue weighted by molar-refractivity contribution is 7.44. The van der Waals surface area contributed by atoms with E-state index in [9.17, 15) is 14.9 Å². The SMILES string of the molecule is COc1ccc(C(OC[C@]23O[C@@H](n4cc(C)c(=O)[nH]c4=O)[C@H]([C@H](C)C[C@@H]2Oc2ccc(C)cc2)[C@@H]3OP(OCCC#N)N(C(C)C)C(C)C)(c2ccccc2)c2ccc(OC)cc2)cc1. The van der Waals surface area contributed by atoms with E-state index < -0.39 is 55.3 Å². The number of nitrogens with one attached hydrogen (secondary N) is 1. The van der Waals surface area contributed by atoms with E-state index in [1.165, 1.54) is 4.57 Å². The second-order valence-electron chi connectivity index (χ2n) is 17.5. The molecule has 0 radical (unpaired) electrons. The molecule has 65 heavy (non-hydrogen) atoms. The van der Waals surface area contributed by atoms with E-state index in [-0.39, 0.29) is 37.6 Å². The van der Waals surface area contributed by atoms with Gasteiger partial charge < -0.3 is 32.7 Å². The largest absolute Gasteiger partial charge is 0.497 e.